The molecule has 2 aromatic carbocycles. The standard InChI is InChI=1S/C20H23NO3/c1-4-13-23-18-11-7-17(8-12-18)20(22)21-16(3)14-24-19-9-5-15(2)6-10-19/h4-12,16H,1,13-14H2,2-3H3,(H,21,22)/t16-/m0/s1. The summed E-state index contributed by atoms with van der Waals surface area (Å²) in [5.41, 5.74) is 1.77. The second-order valence-electron chi connectivity index (χ2n) is 5.62. The number of aryl methyl sites for hydroxylation is 1. The van der Waals surface area contributed by atoms with Crippen molar-refractivity contribution in [3.05, 3.63) is 72.3 Å². The predicted molar refractivity (Wildman–Crippen MR) is 95.7 cm³/mol. The molecule has 0 bridgehead atoms. The van der Waals surface area contributed by atoms with Gasteiger partial charge in [-0.3, -0.25) is 4.79 Å². The van der Waals surface area contributed by atoms with Gasteiger partial charge in [0.2, 0.25) is 0 Å². The lowest BCUT2D eigenvalue weighted by Gasteiger charge is -2.15. The number of rotatable bonds is 8. The van der Waals surface area contributed by atoms with E-state index in [0.29, 0.717) is 24.5 Å². The normalized spacial score (nSPS) is 11.4. The SMILES string of the molecule is C=CCOc1ccc(C(=O)N[C@@H](C)COc2ccc(C)cc2)cc1. The van der Waals surface area contributed by atoms with Crippen LogP contribution >= 0.6 is 0 Å². The first-order chi connectivity index (χ1) is 11.6. The Morgan fingerprint density at radius 3 is 2.29 bits per heavy atom. The zero-order valence-corrected chi connectivity index (χ0v) is 14.1. The van der Waals surface area contributed by atoms with E-state index in [1.54, 1.807) is 30.3 Å². The van der Waals surface area contributed by atoms with E-state index < -0.39 is 0 Å². The average Bonchev–Trinajstić information content (AvgIpc) is 2.60. The fraction of sp³-hybridized carbons (Fsp3) is 0.250. The van der Waals surface area contributed by atoms with E-state index in [2.05, 4.69) is 11.9 Å². The molecule has 2 aromatic rings. The van der Waals surface area contributed by atoms with Crippen LogP contribution in [0.2, 0.25) is 0 Å². The first-order valence-electron chi connectivity index (χ1n) is 7.92. The molecule has 0 radical (unpaired) electrons. The van der Waals surface area contributed by atoms with Crippen LogP contribution in [0.3, 0.4) is 0 Å². The van der Waals surface area contributed by atoms with Crippen LogP contribution in [0.4, 0.5) is 0 Å². The van der Waals surface area contributed by atoms with E-state index in [0.717, 1.165) is 5.75 Å². The number of benzene rings is 2. The number of hydrogen-bond donors (Lipinski definition) is 1. The third kappa shape index (κ3) is 5.47. The summed E-state index contributed by atoms with van der Waals surface area (Å²) in [5, 5.41) is 2.92. The third-order valence-electron chi connectivity index (χ3n) is 3.38. The van der Waals surface area contributed by atoms with E-state index >= 15 is 0 Å². The summed E-state index contributed by atoms with van der Waals surface area (Å²) in [6.07, 6.45) is 1.68. The van der Waals surface area contributed by atoms with Crippen LogP contribution in [0, 0.1) is 6.92 Å². The molecule has 0 unspecified atom stereocenters. The molecule has 126 valence electrons. The quantitative estimate of drug-likeness (QED) is 0.752. The summed E-state index contributed by atoms with van der Waals surface area (Å²) in [6.45, 7) is 8.39. The number of hydrogen-bond acceptors (Lipinski definition) is 3. The van der Waals surface area contributed by atoms with E-state index in [4.69, 9.17) is 9.47 Å². The maximum absolute atomic E-state index is 12.2. The van der Waals surface area contributed by atoms with Crippen LogP contribution in [0.15, 0.2) is 61.2 Å². The first kappa shape index (κ1) is 17.6. The van der Waals surface area contributed by atoms with Crippen LogP contribution < -0.4 is 14.8 Å². The van der Waals surface area contributed by atoms with Crippen molar-refractivity contribution < 1.29 is 14.3 Å². The summed E-state index contributed by atoms with van der Waals surface area (Å²) in [7, 11) is 0. The third-order valence-corrected chi connectivity index (χ3v) is 3.38. The fourth-order valence-corrected chi connectivity index (χ4v) is 2.06. The zero-order chi connectivity index (χ0) is 17.4. The van der Waals surface area contributed by atoms with Crippen molar-refractivity contribution >= 4 is 5.91 Å². The minimum absolute atomic E-state index is 0.101. The lowest BCUT2D eigenvalue weighted by molar-refractivity contribution is 0.0926. The highest BCUT2D eigenvalue weighted by atomic mass is 16.5. The summed E-state index contributed by atoms with van der Waals surface area (Å²) >= 11 is 0. The topological polar surface area (TPSA) is 47.6 Å². The van der Waals surface area contributed by atoms with E-state index in [1.807, 2.05) is 38.1 Å². The Morgan fingerprint density at radius 1 is 1.08 bits per heavy atom. The first-order valence-corrected chi connectivity index (χ1v) is 7.92. The van der Waals surface area contributed by atoms with Gasteiger partial charge in [0.25, 0.3) is 5.91 Å². The average molecular weight is 325 g/mol. The van der Waals surface area contributed by atoms with Gasteiger partial charge in [-0.15, -0.1) is 0 Å². The molecule has 1 N–H and O–H groups in total. The molecule has 0 saturated heterocycles. The second kappa shape index (κ2) is 8.77. The minimum atomic E-state index is -0.134. The number of carbonyl (C=O) groups excluding carboxylic acids is 1. The molecule has 0 saturated carbocycles. The highest BCUT2D eigenvalue weighted by molar-refractivity contribution is 5.94. The van der Waals surface area contributed by atoms with Gasteiger partial charge in [-0.2, -0.15) is 0 Å². The van der Waals surface area contributed by atoms with Crippen molar-refractivity contribution in [2.24, 2.45) is 0 Å². The molecule has 4 heteroatoms. The largest absolute Gasteiger partial charge is 0.491 e. The zero-order valence-electron chi connectivity index (χ0n) is 14.1. The Morgan fingerprint density at radius 2 is 1.67 bits per heavy atom. The lowest BCUT2D eigenvalue weighted by atomic mass is 10.2. The van der Waals surface area contributed by atoms with Gasteiger partial charge >= 0.3 is 0 Å². The Hall–Kier alpha value is -2.75. The highest BCUT2D eigenvalue weighted by Crippen LogP contribution is 2.13. The molecular formula is C20H23NO3. The molecule has 0 spiro atoms. The Balaban J connectivity index is 1.82. The maximum Gasteiger partial charge on any atom is 0.251 e. The van der Waals surface area contributed by atoms with Crippen LogP contribution in [0.5, 0.6) is 11.5 Å². The molecular weight excluding hydrogens is 302 g/mol. The maximum atomic E-state index is 12.2. The van der Waals surface area contributed by atoms with E-state index in [1.165, 1.54) is 5.56 Å². The van der Waals surface area contributed by atoms with Gasteiger partial charge in [0.05, 0.1) is 6.04 Å². The van der Waals surface area contributed by atoms with Gasteiger partial charge in [0, 0.05) is 5.56 Å². The van der Waals surface area contributed by atoms with Gasteiger partial charge in [-0.1, -0.05) is 30.4 Å². The molecule has 4 nitrogen and oxygen atoms in total. The van der Waals surface area contributed by atoms with Crippen LogP contribution in [-0.2, 0) is 0 Å². The Labute approximate surface area is 143 Å². The number of amides is 1. The number of carbonyl (C=O) groups is 1. The van der Waals surface area contributed by atoms with Crippen molar-refractivity contribution in [2.75, 3.05) is 13.2 Å². The lowest BCUT2D eigenvalue weighted by Crippen LogP contribution is -2.36. The fourth-order valence-electron chi connectivity index (χ4n) is 2.06. The second-order valence-corrected chi connectivity index (χ2v) is 5.62. The van der Waals surface area contributed by atoms with Crippen LogP contribution in [0.25, 0.3) is 0 Å². The molecule has 0 aliphatic heterocycles. The Kier molecular flexibility index (Phi) is 6.43. The van der Waals surface area contributed by atoms with Crippen LogP contribution in [0.1, 0.15) is 22.8 Å². The molecule has 0 fully saturated rings. The van der Waals surface area contributed by atoms with Gasteiger partial charge in [-0.25, -0.2) is 0 Å². The van der Waals surface area contributed by atoms with E-state index in [9.17, 15) is 4.79 Å². The van der Waals surface area contributed by atoms with Crippen molar-refractivity contribution in [3.8, 4) is 11.5 Å². The number of nitrogens with one attached hydrogen (secondary N) is 1. The van der Waals surface area contributed by atoms with Gasteiger partial charge in [0.15, 0.2) is 0 Å². The van der Waals surface area contributed by atoms with Crippen molar-refractivity contribution in [2.45, 2.75) is 19.9 Å². The molecule has 2 rings (SSSR count). The molecule has 1 amide bonds. The molecule has 0 aliphatic rings. The van der Waals surface area contributed by atoms with Gasteiger partial charge < -0.3 is 14.8 Å². The highest BCUT2D eigenvalue weighted by Gasteiger charge is 2.10. The van der Waals surface area contributed by atoms with Crippen molar-refractivity contribution in [1.82, 2.24) is 5.32 Å². The van der Waals surface area contributed by atoms with Crippen molar-refractivity contribution in [1.29, 1.82) is 0 Å². The minimum Gasteiger partial charge on any atom is -0.491 e. The summed E-state index contributed by atoms with van der Waals surface area (Å²) in [6, 6.07) is 14.7. The van der Waals surface area contributed by atoms with E-state index in [-0.39, 0.29) is 11.9 Å². The molecule has 0 aliphatic carbocycles. The summed E-state index contributed by atoms with van der Waals surface area (Å²) in [4.78, 5) is 12.2. The monoisotopic (exact) mass is 325 g/mol. The Bertz CT molecular complexity index is 662. The van der Waals surface area contributed by atoms with Gasteiger partial charge in [-0.05, 0) is 50.2 Å². The number of ether oxygens (including phenoxy) is 2. The molecule has 0 aromatic heterocycles. The predicted octanol–water partition coefficient (Wildman–Crippen LogP) is 3.76. The summed E-state index contributed by atoms with van der Waals surface area (Å²) in [5.74, 6) is 1.37. The smallest absolute Gasteiger partial charge is 0.251 e. The molecule has 24 heavy (non-hydrogen) atoms. The van der Waals surface area contributed by atoms with Gasteiger partial charge in [0.1, 0.15) is 24.7 Å². The summed E-state index contributed by atoms with van der Waals surface area (Å²) < 4.78 is 11.1. The van der Waals surface area contributed by atoms with Crippen LogP contribution in [-0.4, -0.2) is 25.2 Å². The molecule has 0 heterocycles. The van der Waals surface area contributed by atoms with Crippen molar-refractivity contribution in [3.63, 3.8) is 0 Å². The molecule has 1 atom stereocenters.